The molecule has 3 nitrogen and oxygen atoms in total. The van der Waals surface area contributed by atoms with Crippen molar-refractivity contribution < 1.29 is 36.2 Å². The summed E-state index contributed by atoms with van der Waals surface area (Å²) in [5, 5.41) is 8.83. The standard InChI is InChI=1S/C9H6ClF6NO2/c10-2-4-1-5(8(11,12)13)7(17-6(4)3-18)19-9(14,15)16/h1,18H,2-3H2. The number of aliphatic hydroxyl groups is 1. The average Bonchev–Trinajstić information content (AvgIpc) is 2.24. The Labute approximate surface area is 107 Å². The van der Waals surface area contributed by atoms with Gasteiger partial charge in [-0.05, 0) is 11.6 Å². The van der Waals surface area contributed by atoms with Gasteiger partial charge < -0.3 is 9.84 Å². The fourth-order valence-corrected chi connectivity index (χ4v) is 1.45. The first-order valence-corrected chi connectivity index (χ1v) is 5.14. The number of aliphatic hydroxyl groups excluding tert-OH is 1. The highest BCUT2D eigenvalue weighted by Gasteiger charge is 2.41. The van der Waals surface area contributed by atoms with Crippen molar-refractivity contribution in [2.24, 2.45) is 0 Å². The smallest absolute Gasteiger partial charge is 0.390 e. The van der Waals surface area contributed by atoms with E-state index in [1.165, 1.54) is 0 Å². The zero-order chi connectivity index (χ0) is 14.8. The highest BCUT2D eigenvalue weighted by Crippen LogP contribution is 2.38. The number of aromatic nitrogens is 1. The highest BCUT2D eigenvalue weighted by atomic mass is 35.5. The van der Waals surface area contributed by atoms with Crippen LogP contribution in [0.3, 0.4) is 0 Å². The van der Waals surface area contributed by atoms with Crippen LogP contribution < -0.4 is 4.74 Å². The van der Waals surface area contributed by atoms with Crippen LogP contribution in [0.1, 0.15) is 16.8 Å². The van der Waals surface area contributed by atoms with Crippen LogP contribution in [0.2, 0.25) is 0 Å². The van der Waals surface area contributed by atoms with Crippen LogP contribution >= 0.6 is 11.6 Å². The number of hydrogen-bond donors (Lipinski definition) is 1. The Morgan fingerprint density at radius 2 is 1.79 bits per heavy atom. The van der Waals surface area contributed by atoms with Crippen molar-refractivity contribution in [3.63, 3.8) is 0 Å². The normalized spacial score (nSPS) is 12.6. The molecule has 0 radical (unpaired) electrons. The molecule has 19 heavy (non-hydrogen) atoms. The molecule has 0 atom stereocenters. The van der Waals surface area contributed by atoms with Crippen LogP contribution in [0.4, 0.5) is 26.3 Å². The summed E-state index contributed by atoms with van der Waals surface area (Å²) in [6.07, 6.45) is -10.4. The first-order chi connectivity index (χ1) is 8.58. The largest absolute Gasteiger partial charge is 0.574 e. The first kappa shape index (κ1) is 15.8. The highest BCUT2D eigenvalue weighted by molar-refractivity contribution is 6.17. The van der Waals surface area contributed by atoms with Gasteiger partial charge in [0.2, 0.25) is 5.88 Å². The average molecular weight is 310 g/mol. The van der Waals surface area contributed by atoms with E-state index >= 15 is 0 Å². The zero-order valence-corrected chi connectivity index (χ0v) is 9.70. The van der Waals surface area contributed by atoms with Gasteiger partial charge in [0.1, 0.15) is 5.56 Å². The summed E-state index contributed by atoms with van der Waals surface area (Å²) in [5.41, 5.74) is -2.36. The van der Waals surface area contributed by atoms with Gasteiger partial charge in [-0.3, -0.25) is 0 Å². The summed E-state index contributed by atoms with van der Waals surface area (Å²) in [7, 11) is 0. The molecule has 0 aliphatic carbocycles. The van der Waals surface area contributed by atoms with Gasteiger partial charge in [0.25, 0.3) is 0 Å². The predicted molar refractivity (Wildman–Crippen MR) is 51.4 cm³/mol. The van der Waals surface area contributed by atoms with Crippen molar-refractivity contribution in [3.8, 4) is 5.88 Å². The zero-order valence-electron chi connectivity index (χ0n) is 8.94. The summed E-state index contributed by atoms with van der Waals surface area (Å²) < 4.78 is 77.0. The second-order valence-electron chi connectivity index (χ2n) is 3.28. The van der Waals surface area contributed by atoms with Gasteiger partial charge in [-0.1, -0.05) is 0 Å². The van der Waals surface area contributed by atoms with Gasteiger partial charge in [-0.25, -0.2) is 4.98 Å². The van der Waals surface area contributed by atoms with Crippen LogP contribution in [0.5, 0.6) is 5.88 Å². The molecule has 10 heteroatoms. The third kappa shape index (κ3) is 4.13. The number of halogens is 7. The van der Waals surface area contributed by atoms with Gasteiger partial charge in [0.05, 0.1) is 12.3 Å². The topological polar surface area (TPSA) is 42.4 Å². The van der Waals surface area contributed by atoms with Crippen molar-refractivity contribution in [1.29, 1.82) is 0 Å². The lowest BCUT2D eigenvalue weighted by molar-refractivity contribution is -0.278. The second kappa shape index (κ2) is 5.41. The quantitative estimate of drug-likeness (QED) is 0.688. The summed E-state index contributed by atoms with van der Waals surface area (Å²) in [6.45, 7) is -0.867. The van der Waals surface area contributed by atoms with E-state index in [4.69, 9.17) is 16.7 Å². The van der Waals surface area contributed by atoms with Crippen LogP contribution in [0.15, 0.2) is 6.07 Å². The number of nitrogens with zero attached hydrogens (tertiary/aromatic N) is 1. The summed E-state index contributed by atoms with van der Waals surface area (Å²) in [6, 6.07) is 0.368. The Kier molecular flexibility index (Phi) is 4.51. The Bertz CT molecular complexity index is 459. The van der Waals surface area contributed by atoms with Crippen LogP contribution in [-0.2, 0) is 18.7 Å². The van der Waals surface area contributed by atoms with Crippen molar-refractivity contribution in [3.05, 3.63) is 22.9 Å². The van der Waals surface area contributed by atoms with Crippen LogP contribution in [-0.4, -0.2) is 16.5 Å². The molecule has 0 amide bonds. The molecule has 0 unspecified atom stereocenters. The van der Waals surface area contributed by atoms with E-state index in [9.17, 15) is 26.3 Å². The van der Waals surface area contributed by atoms with Crippen molar-refractivity contribution in [2.45, 2.75) is 25.0 Å². The summed E-state index contributed by atoms with van der Waals surface area (Å²) in [4.78, 5) is 3.02. The van der Waals surface area contributed by atoms with E-state index in [1.54, 1.807) is 0 Å². The summed E-state index contributed by atoms with van der Waals surface area (Å²) in [5.74, 6) is -2.11. The van der Waals surface area contributed by atoms with Crippen molar-refractivity contribution in [2.75, 3.05) is 0 Å². The van der Waals surface area contributed by atoms with Crippen LogP contribution in [0.25, 0.3) is 0 Å². The Morgan fingerprint density at radius 1 is 1.21 bits per heavy atom. The SMILES string of the molecule is OCc1nc(OC(F)(F)F)c(C(F)(F)F)cc1CCl. The van der Waals surface area contributed by atoms with Crippen LogP contribution in [0, 0.1) is 0 Å². The number of rotatable bonds is 3. The molecule has 0 spiro atoms. The van der Waals surface area contributed by atoms with Gasteiger partial charge >= 0.3 is 12.5 Å². The molecule has 0 aromatic carbocycles. The minimum absolute atomic E-state index is 0.231. The molecule has 0 bridgehead atoms. The van der Waals surface area contributed by atoms with Gasteiger partial charge in [-0.15, -0.1) is 24.8 Å². The van der Waals surface area contributed by atoms with Gasteiger partial charge in [0.15, 0.2) is 0 Å². The predicted octanol–water partition coefficient (Wildman–Crippen LogP) is 3.23. The molecule has 108 valence electrons. The molecule has 1 aromatic heterocycles. The Morgan fingerprint density at radius 3 is 2.16 bits per heavy atom. The molecule has 1 heterocycles. The molecule has 0 saturated heterocycles. The first-order valence-electron chi connectivity index (χ1n) is 4.61. The van der Waals surface area contributed by atoms with E-state index in [0.717, 1.165) is 0 Å². The third-order valence-electron chi connectivity index (χ3n) is 1.97. The third-order valence-corrected chi connectivity index (χ3v) is 2.26. The maximum absolute atomic E-state index is 12.6. The number of ether oxygens (including phenoxy) is 1. The maximum Gasteiger partial charge on any atom is 0.574 e. The molecule has 1 rings (SSSR count). The number of hydrogen-bond acceptors (Lipinski definition) is 3. The lowest BCUT2D eigenvalue weighted by Crippen LogP contribution is -2.22. The molecule has 1 aromatic rings. The fraction of sp³-hybridized carbons (Fsp3) is 0.444. The lowest BCUT2D eigenvalue weighted by Gasteiger charge is -2.16. The maximum atomic E-state index is 12.6. The Hall–Kier alpha value is -1.22. The van der Waals surface area contributed by atoms with E-state index in [-0.39, 0.29) is 5.56 Å². The van der Waals surface area contributed by atoms with E-state index in [0.29, 0.717) is 6.07 Å². The molecule has 0 aliphatic rings. The molecule has 0 saturated carbocycles. The lowest BCUT2D eigenvalue weighted by atomic mass is 10.1. The number of pyridine rings is 1. The molecular weight excluding hydrogens is 304 g/mol. The Balaban J connectivity index is 3.41. The molecule has 0 aliphatic heterocycles. The van der Waals surface area contributed by atoms with E-state index in [1.807, 2.05) is 0 Å². The fourth-order valence-electron chi connectivity index (χ4n) is 1.22. The second-order valence-corrected chi connectivity index (χ2v) is 3.55. The molecule has 1 N–H and O–H groups in total. The van der Waals surface area contributed by atoms with Gasteiger partial charge in [-0.2, -0.15) is 13.2 Å². The van der Waals surface area contributed by atoms with E-state index in [2.05, 4.69) is 9.72 Å². The molecular formula is C9H6ClF6NO2. The monoisotopic (exact) mass is 309 g/mol. The van der Waals surface area contributed by atoms with Crippen molar-refractivity contribution >= 4 is 11.6 Å². The molecule has 0 fully saturated rings. The number of alkyl halides is 7. The van der Waals surface area contributed by atoms with Gasteiger partial charge in [0, 0.05) is 5.88 Å². The minimum Gasteiger partial charge on any atom is -0.390 e. The van der Waals surface area contributed by atoms with E-state index < -0.39 is 42.2 Å². The minimum atomic E-state index is -5.33. The van der Waals surface area contributed by atoms with Crippen molar-refractivity contribution in [1.82, 2.24) is 4.98 Å². The summed E-state index contributed by atoms with van der Waals surface area (Å²) >= 11 is 5.34.